The summed E-state index contributed by atoms with van der Waals surface area (Å²) in [4.78, 5) is 23.3. The Kier molecular flexibility index (Phi) is 2.45. The fourth-order valence-electron chi connectivity index (χ4n) is 1.90. The number of hydrogen-bond acceptors (Lipinski definition) is 5. The van der Waals surface area contributed by atoms with E-state index in [-0.39, 0.29) is 5.56 Å². The van der Waals surface area contributed by atoms with Crippen molar-refractivity contribution in [1.29, 1.82) is 0 Å². The molecule has 1 N–H and O–H groups in total. The molecule has 1 saturated heterocycles. The van der Waals surface area contributed by atoms with Gasteiger partial charge in [0.2, 0.25) is 0 Å². The Bertz CT molecular complexity index is 556. The predicted molar refractivity (Wildman–Crippen MR) is 60.8 cm³/mol. The monoisotopic (exact) mass is 237 g/mol. The third-order valence-electron chi connectivity index (χ3n) is 2.79. The highest BCUT2D eigenvalue weighted by atomic mass is 32.1. The Labute approximate surface area is 95.5 Å². The van der Waals surface area contributed by atoms with E-state index in [9.17, 15) is 4.79 Å². The van der Waals surface area contributed by atoms with Crippen molar-refractivity contribution in [2.24, 2.45) is 0 Å². The Morgan fingerprint density at radius 3 is 3.00 bits per heavy atom. The fraction of sp³-hybridized carbons (Fsp3) is 0.500. The summed E-state index contributed by atoms with van der Waals surface area (Å²) in [6, 6.07) is 0. The van der Waals surface area contributed by atoms with Gasteiger partial charge < -0.3 is 9.72 Å². The quantitative estimate of drug-likeness (QED) is 0.811. The van der Waals surface area contributed by atoms with E-state index in [2.05, 4.69) is 15.0 Å². The van der Waals surface area contributed by atoms with Gasteiger partial charge in [-0.05, 0) is 12.8 Å². The van der Waals surface area contributed by atoms with Crippen molar-refractivity contribution in [3.63, 3.8) is 0 Å². The lowest BCUT2D eigenvalue weighted by Gasteiger charge is -2.19. The molecule has 0 aromatic carbocycles. The molecule has 0 radical (unpaired) electrons. The highest BCUT2D eigenvalue weighted by Gasteiger charge is 2.20. The molecule has 0 saturated carbocycles. The number of nitrogens with zero attached hydrogens (tertiary/aromatic N) is 2. The largest absolute Gasteiger partial charge is 0.381 e. The van der Waals surface area contributed by atoms with E-state index < -0.39 is 0 Å². The molecule has 3 heterocycles. The molecular weight excluding hydrogens is 226 g/mol. The zero-order valence-corrected chi connectivity index (χ0v) is 9.42. The van der Waals surface area contributed by atoms with E-state index in [1.165, 1.54) is 17.7 Å². The number of aromatic nitrogens is 3. The molecule has 84 valence electrons. The lowest BCUT2D eigenvalue weighted by Crippen LogP contribution is -2.14. The third-order valence-corrected chi connectivity index (χ3v) is 3.91. The molecule has 16 heavy (non-hydrogen) atoms. The Hall–Kier alpha value is -1.27. The lowest BCUT2D eigenvalue weighted by molar-refractivity contribution is 0.0853. The van der Waals surface area contributed by atoms with Gasteiger partial charge in [0.25, 0.3) is 5.56 Å². The molecule has 2 aromatic heterocycles. The smallest absolute Gasteiger partial charge is 0.278 e. The Balaban J connectivity index is 2.04. The topological polar surface area (TPSA) is 67.9 Å². The second kappa shape index (κ2) is 3.95. The number of rotatable bonds is 1. The summed E-state index contributed by atoms with van der Waals surface area (Å²) in [6.07, 6.45) is 3.39. The first-order valence-electron chi connectivity index (χ1n) is 5.26. The molecule has 1 fully saturated rings. The van der Waals surface area contributed by atoms with Crippen LogP contribution in [0.25, 0.3) is 10.3 Å². The number of fused-ring (bicyclic) bond motifs is 1. The van der Waals surface area contributed by atoms with Crippen molar-refractivity contribution in [2.45, 2.75) is 18.8 Å². The minimum atomic E-state index is -0.153. The van der Waals surface area contributed by atoms with E-state index in [1.54, 1.807) is 0 Å². The molecule has 1 aliphatic heterocycles. The van der Waals surface area contributed by atoms with Crippen molar-refractivity contribution in [3.05, 3.63) is 21.7 Å². The van der Waals surface area contributed by atoms with Gasteiger partial charge in [0.1, 0.15) is 0 Å². The van der Waals surface area contributed by atoms with E-state index in [1.807, 2.05) is 0 Å². The first-order chi connectivity index (χ1) is 7.84. The molecule has 0 aliphatic carbocycles. The maximum Gasteiger partial charge on any atom is 0.278 e. The Morgan fingerprint density at radius 1 is 1.44 bits per heavy atom. The van der Waals surface area contributed by atoms with Crippen LogP contribution in [0.4, 0.5) is 0 Å². The average Bonchev–Trinajstić information content (AvgIpc) is 2.76. The highest BCUT2D eigenvalue weighted by molar-refractivity contribution is 7.18. The van der Waals surface area contributed by atoms with Crippen LogP contribution in [0.2, 0.25) is 0 Å². The summed E-state index contributed by atoms with van der Waals surface area (Å²) in [5.41, 5.74) is 0.313. The number of H-pyrrole nitrogens is 1. The minimum Gasteiger partial charge on any atom is -0.381 e. The molecular formula is C10H11N3O2S. The van der Waals surface area contributed by atoms with Gasteiger partial charge in [-0.1, -0.05) is 11.3 Å². The predicted octanol–water partition coefficient (Wildman–Crippen LogP) is 1.27. The van der Waals surface area contributed by atoms with Crippen LogP contribution in [0.15, 0.2) is 11.1 Å². The second-order valence-corrected chi connectivity index (χ2v) is 4.83. The van der Waals surface area contributed by atoms with Crippen molar-refractivity contribution in [2.75, 3.05) is 13.2 Å². The van der Waals surface area contributed by atoms with Crippen LogP contribution >= 0.6 is 11.3 Å². The molecule has 0 atom stereocenters. The molecule has 1 aliphatic rings. The summed E-state index contributed by atoms with van der Waals surface area (Å²) < 4.78 is 5.31. The summed E-state index contributed by atoms with van der Waals surface area (Å²) in [5, 5.41) is 1.02. The molecule has 5 nitrogen and oxygen atoms in total. The van der Waals surface area contributed by atoms with Gasteiger partial charge in [0, 0.05) is 19.1 Å². The maximum atomic E-state index is 11.5. The molecule has 0 unspecified atom stereocenters. The summed E-state index contributed by atoms with van der Waals surface area (Å²) in [6.45, 7) is 1.56. The number of nitrogens with one attached hydrogen (secondary N) is 1. The second-order valence-electron chi connectivity index (χ2n) is 3.82. The third kappa shape index (κ3) is 1.64. The Morgan fingerprint density at radius 2 is 2.25 bits per heavy atom. The molecule has 0 amide bonds. The van der Waals surface area contributed by atoms with Gasteiger partial charge in [0.05, 0.1) is 11.3 Å². The van der Waals surface area contributed by atoms with Crippen LogP contribution in [-0.4, -0.2) is 28.2 Å². The molecule has 3 rings (SSSR count). The van der Waals surface area contributed by atoms with Crippen molar-refractivity contribution >= 4 is 21.7 Å². The van der Waals surface area contributed by atoms with Gasteiger partial charge in [-0.25, -0.2) is 9.97 Å². The fourth-order valence-corrected chi connectivity index (χ4v) is 2.98. The summed E-state index contributed by atoms with van der Waals surface area (Å²) in [7, 11) is 0. The van der Waals surface area contributed by atoms with E-state index in [0.29, 0.717) is 11.4 Å². The van der Waals surface area contributed by atoms with Crippen LogP contribution in [0.3, 0.4) is 0 Å². The molecule has 0 bridgehead atoms. The van der Waals surface area contributed by atoms with Crippen LogP contribution in [0.1, 0.15) is 23.8 Å². The summed E-state index contributed by atoms with van der Waals surface area (Å²) >= 11 is 1.52. The van der Waals surface area contributed by atoms with Gasteiger partial charge in [0.15, 0.2) is 10.3 Å². The van der Waals surface area contributed by atoms with Gasteiger partial charge >= 0.3 is 0 Å². The number of ether oxygens (including phenoxy) is 1. The average molecular weight is 237 g/mol. The first-order valence-corrected chi connectivity index (χ1v) is 6.08. The minimum absolute atomic E-state index is 0.153. The van der Waals surface area contributed by atoms with Crippen LogP contribution in [0.5, 0.6) is 0 Å². The SMILES string of the molecule is O=c1[nH]cnc2sc(C3CCOCC3)nc12. The number of thiazole rings is 1. The highest BCUT2D eigenvalue weighted by Crippen LogP contribution is 2.31. The van der Waals surface area contributed by atoms with Crippen LogP contribution < -0.4 is 5.56 Å². The normalized spacial score (nSPS) is 18.0. The molecule has 0 spiro atoms. The standard InChI is InChI=1S/C10H11N3O2S/c14-8-7-10(12-5-11-8)16-9(13-7)6-1-3-15-4-2-6/h5-6H,1-4H2,(H,11,12,14). The zero-order valence-electron chi connectivity index (χ0n) is 8.60. The van der Waals surface area contributed by atoms with E-state index >= 15 is 0 Å². The maximum absolute atomic E-state index is 11.5. The van der Waals surface area contributed by atoms with E-state index in [4.69, 9.17) is 4.74 Å². The first kappa shape index (κ1) is 9.92. The van der Waals surface area contributed by atoms with Crippen LogP contribution in [-0.2, 0) is 4.74 Å². The molecule has 2 aromatic rings. The zero-order chi connectivity index (χ0) is 11.0. The van der Waals surface area contributed by atoms with Crippen molar-refractivity contribution in [1.82, 2.24) is 15.0 Å². The van der Waals surface area contributed by atoms with Gasteiger partial charge in [-0.2, -0.15) is 0 Å². The van der Waals surface area contributed by atoms with Gasteiger partial charge in [-0.3, -0.25) is 4.79 Å². The van der Waals surface area contributed by atoms with E-state index in [0.717, 1.165) is 35.9 Å². The van der Waals surface area contributed by atoms with Crippen LogP contribution in [0, 0.1) is 0 Å². The number of aromatic amines is 1. The van der Waals surface area contributed by atoms with Gasteiger partial charge in [-0.15, -0.1) is 0 Å². The summed E-state index contributed by atoms with van der Waals surface area (Å²) in [5.74, 6) is 0.423. The lowest BCUT2D eigenvalue weighted by atomic mass is 10.0. The number of hydrogen-bond donors (Lipinski definition) is 1. The van der Waals surface area contributed by atoms with Crippen molar-refractivity contribution in [3.8, 4) is 0 Å². The van der Waals surface area contributed by atoms with Crippen molar-refractivity contribution < 1.29 is 4.74 Å². The molecule has 6 heteroatoms.